The van der Waals surface area contributed by atoms with Crippen molar-refractivity contribution in [3.63, 3.8) is 0 Å². The first-order valence-corrected chi connectivity index (χ1v) is 7.72. The van der Waals surface area contributed by atoms with Gasteiger partial charge >= 0.3 is 12.0 Å². The van der Waals surface area contributed by atoms with E-state index >= 15 is 0 Å². The SMILES string of the molecule is CC(C)C[C@H](NC(=O)NCC1(C)CCCS1)C(=O)O. The van der Waals surface area contributed by atoms with Crippen LogP contribution in [0.3, 0.4) is 0 Å². The highest BCUT2D eigenvalue weighted by Gasteiger charge is 2.30. The van der Waals surface area contributed by atoms with Gasteiger partial charge < -0.3 is 15.7 Å². The van der Waals surface area contributed by atoms with Crippen LogP contribution in [-0.4, -0.2) is 40.2 Å². The van der Waals surface area contributed by atoms with Gasteiger partial charge in [-0.1, -0.05) is 13.8 Å². The minimum atomic E-state index is -0.981. The molecule has 0 radical (unpaired) electrons. The van der Waals surface area contributed by atoms with Gasteiger partial charge in [-0.25, -0.2) is 9.59 Å². The number of thioether (sulfide) groups is 1. The van der Waals surface area contributed by atoms with Gasteiger partial charge in [-0.15, -0.1) is 0 Å². The van der Waals surface area contributed by atoms with Crippen molar-refractivity contribution >= 4 is 23.8 Å². The number of carbonyl (C=O) groups is 2. The zero-order chi connectivity index (χ0) is 14.5. The van der Waals surface area contributed by atoms with Gasteiger partial charge in [0, 0.05) is 11.3 Å². The molecule has 5 nitrogen and oxygen atoms in total. The first-order valence-electron chi connectivity index (χ1n) is 6.73. The summed E-state index contributed by atoms with van der Waals surface area (Å²) >= 11 is 1.86. The Labute approximate surface area is 118 Å². The number of hydrogen-bond acceptors (Lipinski definition) is 3. The fourth-order valence-corrected chi connectivity index (χ4v) is 3.39. The van der Waals surface area contributed by atoms with Crippen molar-refractivity contribution in [2.75, 3.05) is 12.3 Å². The number of carboxylic acid groups (broad SMARTS) is 1. The zero-order valence-electron chi connectivity index (χ0n) is 11.9. The molecule has 110 valence electrons. The predicted octanol–water partition coefficient (Wildman–Crippen LogP) is 2.07. The van der Waals surface area contributed by atoms with Crippen molar-refractivity contribution in [3.8, 4) is 0 Å². The van der Waals surface area contributed by atoms with Crippen molar-refractivity contribution in [2.45, 2.75) is 50.8 Å². The van der Waals surface area contributed by atoms with Gasteiger partial charge in [0.25, 0.3) is 0 Å². The Balaban J connectivity index is 2.38. The summed E-state index contributed by atoms with van der Waals surface area (Å²) < 4.78 is 0.0914. The van der Waals surface area contributed by atoms with Crippen LogP contribution in [-0.2, 0) is 4.79 Å². The van der Waals surface area contributed by atoms with Crippen molar-refractivity contribution in [1.29, 1.82) is 0 Å². The van der Waals surface area contributed by atoms with E-state index in [4.69, 9.17) is 5.11 Å². The Hall–Kier alpha value is -0.910. The molecule has 0 bridgehead atoms. The van der Waals surface area contributed by atoms with Gasteiger partial charge in [0.1, 0.15) is 6.04 Å². The summed E-state index contributed by atoms with van der Waals surface area (Å²) in [6.45, 7) is 6.59. The van der Waals surface area contributed by atoms with Crippen LogP contribution in [0.2, 0.25) is 0 Å². The molecule has 0 spiro atoms. The normalized spacial score (nSPS) is 24.2. The Bertz CT molecular complexity index is 328. The molecule has 0 saturated carbocycles. The maximum absolute atomic E-state index is 11.7. The van der Waals surface area contributed by atoms with Crippen LogP contribution in [0.25, 0.3) is 0 Å². The van der Waals surface area contributed by atoms with E-state index in [-0.39, 0.29) is 16.7 Å². The lowest BCUT2D eigenvalue weighted by atomic mass is 10.0. The second kappa shape index (κ2) is 7.03. The number of carbonyl (C=O) groups excluding carboxylic acids is 1. The molecule has 3 N–H and O–H groups in total. The Morgan fingerprint density at radius 2 is 2.11 bits per heavy atom. The second-order valence-electron chi connectivity index (χ2n) is 5.75. The monoisotopic (exact) mass is 288 g/mol. The highest BCUT2D eigenvalue weighted by molar-refractivity contribution is 8.00. The van der Waals surface area contributed by atoms with Gasteiger partial charge in [-0.3, -0.25) is 0 Å². The average molecular weight is 288 g/mol. The first-order chi connectivity index (χ1) is 8.82. The smallest absolute Gasteiger partial charge is 0.326 e. The van der Waals surface area contributed by atoms with E-state index < -0.39 is 12.0 Å². The minimum Gasteiger partial charge on any atom is -0.480 e. The summed E-state index contributed by atoms with van der Waals surface area (Å²) in [7, 11) is 0. The summed E-state index contributed by atoms with van der Waals surface area (Å²) in [5, 5.41) is 14.4. The second-order valence-corrected chi connectivity index (χ2v) is 7.43. The highest BCUT2D eigenvalue weighted by atomic mass is 32.2. The van der Waals surface area contributed by atoms with Crippen molar-refractivity contribution < 1.29 is 14.7 Å². The summed E-state index contributed by atoms with van der Waals surface area (Å²) in [5.74, 6) is 0.375. The predicted molar refractivity (Wildman–Crippen MR) is 77.5 cm³/mol. The molecule has 0 aliphatic carbocycles. The van der Waals surface area contributed by atoms with Gasteiger partial charge in [-0.05, 0) is 37.9 Å². The third-order valence-corrected chi connectivity index (χ3v) is 4.77. The van der Waals surface area contributed by atoms with Crippen molar-refractivity contribution in [2.24, 2.45) is 5.92 Å². The van der Waals surface area contributed by atoms with Gasteiger partial charge in [0.05, 0.1) is 0 Å². The van der Waals surface area contributed by atoms with Crippen LogP contribution in [0.1, 0.15) is 40.0 Å². The van der Waals surface area contributed by atoms with Gasteiger partial charge in [0.15, 0.2) is 0 Å². The Kier molecular flexibility index (Phi) is 5.97. The molecule has 0 aromatic rings. The van der Waals surface area contributed by atoms with Crippen LogP contribution in [0.15, 0.2) is 0 Å². The molecule has 1 aliphatic rings. The Morgan fingerprint density at radius 1 is 1.42 bits per heavy atom. The average Bonchev–Trinajstić information content (AvgIpc) is 2.73. The van der Waals surface area contributed by atoms with Gasteiger partial charge in [-0.2, -0.15) is 11.8 Å². The molecule has 19 heavy (non-hydrogen) atoms. The van der Waals surface area contributed by atoms with Crippen LogP contribution in [0, 0.1) is 5.92 Å². The summed E-state index contributed by atoms with van der Waals surface area (Å²) in [6, 6.07) is -1.20. The fourth-order valence-electron chi connectivity index (χ4n) is 2.15. The largest absolute Gasteiger partial charge is 0.480 e. The molecule has 1 rings (SSSR count). The van der Waals surface area contributed by atoms with E-state index in [0.29, 0.717) is 13.0 Å². The maximum Gasteiger partial charge on any atom is 0.326 e. The molecule has 1 aliphatic heterocycles. The number of nitrogens with one attached hydrogen (secondary N) is 2. The quantitative estimate of drug-likeness (QED) is 0.699. The molecule has 1 saturated heterocycles. The topological polar surface area (TPSA) is 78.4 Å². The van der Waals surface area contributed by atoms with Gasteiger partial charge in [0.2, 0.25) is 0 Å². The lowest BCUT2D eigenvalue weighted by Crippen LogP contribution is -2.49. The maximum atomic E-state index is 11.7. The van der Waals surface area contributed by atoms with E-state index in [1.807, 2.05) is 25.6 Å². The number of aliphatic carboxylic acids is 1. The molecule has 0 aromatic carbocycles. The molecule has 2 amide bonds. The fraction of sp³-hybridized carbons (Fsp3) is 0.846. The molecule has 1 unspecified atom stereocenters. The molecule has 2 atom stereocenters. The zero-order valence-corrected chi connectivity index (χ0v) is 12.7. The number of carboxylic acids is 1. The summed E-state index contributed by atoms with van der Waals surface area (Å²) in [4.78, 5) is 22.8. The lowest BCUT2D eigenvalue weighted by molar-refractivity contribution is -0.139. The molecule has 0 aromatic heterocycles. The van der Waals surface area contributed by atoms with E-state index in [0.717, 1.165) is 12.2 Å². The Morgan fingerprint density at radius 3 is 2.58 bits per heavy atom. The van der Waals surface area contributed by atoms with Crippen LogP contribution < -0.4 is 10.6 Å². The van der Waals surface area contributed by atoms with E-state index in [9.17, 15) is 9.59 Å². The molecule has 1 fully saturated rings. The minimum absolute atomic E-state index is 0.0914. The lowest BCUT2D eigenvalue weighted by Gasteiger charge is -2.24. The molecule has 6 heteroatoms. The summed E-state index contributed by atoms with van der Waals surface area (Å²) in [5.41, 5.74) is 0. The third-order valence-electron chi connectivity index (χ3n) is 3.23. The number of urea groups is 1. The van der Waals surface area contributed by atoms with E-state index in [2.05, 4.69) is 17.6 Å². The van der Waals surface area contributed by atoms with Crippen LogP contribution in [0.4, 0.5) is 4.79 Å². The highest BCUT2D eigenvalue weighted by Crippen LogP contribution is 2.36. The van der Waals surface area contributed by atoms with E-state index in [1.165, 1.54) is 6.42 Å². The van der Waals surface area contributed by atoms with Crippen LogP contribution >= 0.6 is 11.8 Å². The third kappa shape index (κ3) is 5.72. The number of rotatable bonds is 6. The standard InChI is InChI=1S/C13H24N2O3S/c1-9(2)7-10(11(16)17)15-12(18)14-8-13(3)5-4-6-19-13/h9-10H,4-8H2,1-3H3,(H,16,17)(H2,14,15,18)/t10-,13?/m0/s1. The molecular formula is C13H24N2O3S. The molecule has 1 heterocycles. The summed E-state index contributed by atoms with van der Waals surface area (Å²) in [6.07, 6.45) is 2.70. The number of hydrogen-bond donors (Lipinski definition) is 3. The first kappa shape index (κ1) is 16.1. The van der Waals surface area contributed by atoms with Crippen LogP contribution in [0.5, 0.6) is 0 Å². The van der Waals surface area contributed by atoms with Crippen molar-refractivity contribution in [3.05, 3.63) is 0 Å². The molecular weight excluding hydrogens is 264 g/mol. The number of amides is 2. The van der Waals surface area contributed by atoms with E-state index in [1.54, 1.807) is 0 Å². The van der Waals surface area contributed by atoms with Crippen molar-refractivity contribution in [1.82, 2.24) is 10.6 Å².